The normalized spacial score (nSPS) is 16.8. The SMILES string of the molecule is COCCN(C)S(=O)(=O)c1cc2c(cc1N1CCC(C)CC1)Oc1ccccc1NC2=O. The number of carbonyl (C=O) groups is 1. The van der Waals surface area contributed by atoms with Gasteiger partial charge in [-0.3, -0.25) is 4.79 Å². The van der Waals surface area contributed by atoms with Crippen LogP contribution >= 0.6 is 0 Å². The minimum atomic E-state index is -3.86. The van der Waals surface area contributed by atoms with Crippen molar-refractivity contribution in [2.75, 3.05) is 50.6 Å². The summed E-state index contributed by atoms with van der Waals surface area (Å²) in [6.07, 6.45) is 1.94. The molecule has 32 heavy (non-hydrogen) atoms. The molecule has 0 bridgehead atoms. The van der Waals surface area contributed by atoms with Crippen LogP contribution in [-0.2, 0) is 14.8 Å². The third-order valence-corrected chi connectivity index (χ3v) is 7.97. The van der Waals surface area contributed by atoms with E-state index in [2.05, 4.69) is 17.1 Å². The van der Waals surface area contributed by atoms with Crippen LogP contribution in [0.25, 0.3) is 0 Å². The lowest BCUT2D eigenvalue weighted by atomic mass is 9.98. The molecule has 1 amide bonds. The standard InChI is InChI=1S/C23H29N3O5S/c1-16-8-10-26(11-9-16)19-15-21-17(14-22(19)32(28,29)25(2)12-13-30-3)23(27)24-18-6-4-5-7-20(18)31-21/h4-7,14-16H,8-13H2,1-3H3,(H,24,27). The lowest BCUT2D eigenvalue weighted by molar-refractivity contribution is 0.102. The highest BCUT2D eigenvalue weighted by Crippen LogP contribution is 2.41. The average molecular weight is 460 g/mol. The van der Waals surface area contributed by atoms with Gasteiger partial charge in [0, 0.05) is 39.9 Å². The van der Waals surface area contributed by atoms with Crippen LogP contribution in [0, 0.1) is 5.92 Å². The highest BCUT2D eigenvalue weighted by atomic mass is 32.2. The second kappa shape index (κ2) is 9.09. The highest BCUT2D eigenvalue weighted by Gasteiger charge is 2.32. The van der Waals surface area contributed by atoms with Gasteiger partial charge in [0.05, 0.1) is 23.5 Å². The van der Waals surface area contributed by atoms with Crippen LogP contribution in [0.3, 0.4) is 0 Å². The van der Waals surface area contributed by atoms with Crippen LogP contribution in [0.1, 0.15) is 30.1 Å². The third kappa shape index (κ3) is 4.32. The maximum absolute atomic E-state index is 13.5. The van der Waals surface area contributed by atoms with Crippen LogP contribution in [0.2, 0.25) is 0 Å². The zero-order chi connectivity index (χ0) is 22.9. The Morgan fingerprint density at radius 1 is 1.19 bits per heavy atom. The number of nitrogens with zero attached hydrogens (tertiary/aromatic N) is 2. The molecule has 8 nitrogen and oxygen atoms in total. The number of likely N-dealkylation sites (N-methyl/N-ethyl adjacent to an activating group) is 1. The number of methoxy groups -OCH3 is 1. The number of ether oxygens (including phenoxy) is 2. The molecule has 0 atom stereocenters. The predicted molar refractivity (Wildman–Crippen MR) is 123 cm³/mol. The van der Waals surface area contributed by atoms with Gasteiger partial charge in [-0.1, -0.05) is 19.1 Å². The Labute approximate surface area is 189 Å². The molecule has 1 saturated heterocycles. The molecule has 1 N–H and O–H groups in total. The van der Waals surface area contributed by atoms with Gasteiger partial charge in [0.25, 0.3) is 5.91 Å². The third-order valence-electron chi connectivity index (χ3n) is 6.08. The number of benzene rings is 2. The molecule has 0 radical (unpaired) electrons. The second-order valence-corrected chi connectivity index (χ2v) is 10.4. The molecular formula is C23H29N3O5S. The lowest BCUT2D eigenvalue weighted by Gasteiger charge is -2.34. The summed E-state index contributed by atoms with van der Waals surface area (Å²) in [6.45, 7) is 4.17. The van der Waals surface area contributed by atoms with Crippen LogP contribution in [0.5, 0.6) is 11.5 Å². The minimum absolute atomic E-state index is 0.106. The number of sulfonamides is 1. The van der Waals surface area contributed by atoms with Gasteiger partial charge in [0.2, 0.25) is 10.0 Å². The number of para-hydroxylation sites is 2. The highest BCUT2D eigenvalue weighted by molar-refractivity contribution is 7.89. The monoisotopic (exact) mass is 459 g/mol. The average Bonchev–Trinajstić information content (AvgIpc) is 2.92. The van der Waals surface area contributed by atoms with Crippen molar-refractivity contribution in [3.05, 3.63) is 42.0 Å². The topological polar surface area (TPSA) is 88.2 Å². The first kappa shape index (κ1) is 22.6. The summed E-state index contributed by atoms with van der Waals surface area (Å²) in [5.74, 6) is 1.05. The summed E-state index contributed by atoms with van der Waals surface area (Å²) < 4.78 is 39.5. The second-order valence-electron chi connectivity index (χ2n) is 8.36. The Morgan fingerprint density at radius 2 is 1.91 bits per heavy atom. The zero-order valence-corrected chi connectivity index (χ0v) is 19.4. The summed E-state index contributed by atoms with van der Waals surface area (Å²) >= 11 is 0. The number of fused-ring (bicyclic) bond motifs is 2. The van der Waals surface area contributed by atoms with Crippen molar-refractivity contribution in [3.63, 3.8) is 0 Å². The predicted octanol–water partition coefficient (Wildman–Crippen LogP) is 3.55. The quantitative estimate of drug-likeness (QED) is 0.711. The van der Waals surface area contributed by atoms with Gasteiger partial charge in [-0.15, -0.1) is 0 Å². The van der Waals surface area contributed by atoms with E-state index in [-0.39, 0.29) is 23.6 Å². The summed E-state index contributed by atoms with van der Waals surface area (Å²) in [6, 6.07) is 10.3. The molecule has 0 saturated carbocycles. The van der Waals surface area contributed by atoms with E-state index in [9.17, 15) is 13.2 Å². The Bertz CT molecular complexity index is 1110. The molecule has 9 heteroatoms. The number of nitrogens with one attached hydrogen (secondary N) is 1. The Hall–Kier alpha value is -2.62. The molecule has 172 valence electrons. The summed E-state index contributed by atoms with van der Waals surface area (Å²) in [4.78, 5) is 15.2. The summed E-state index contributed by atoms with van der Waals surface area (Å²) in [5.41, 5.74) is 1.30. The van der Waals surface area contributed by atoms with Crippen LogP contribution in [0.15, 0.2) is 41.3 Å². The number of hydrogen-bond acceptors (Lipinski definition) is 6. The maximum atomic E-state index is 13.5. The van der Waals surface area contributed by atoms with Gasteiger partial charge >= 0.3 is 0 Å². The molecule has 2 aromatic carbocycles. The molecule has 1 fully saturated rings. The fourth-order valence-electron chi connectivity index (χ4n) is 3.99. The number of carbonyl (C=O) groups excluding carboxylic acids is 1. The molecular weight excluding hydrogens is 430 g/mol. The molecule has 2 aliphatic heterocycles. The Kier molecular flexibility index (Phi) is 6.41. The Balaban J connectivity index is 1.84. The number of rotatable bonds is 6. The number of anilines is 2. The van der Waals surface area contributed by atoms with Crippen molar-refractivity contribution < 1.29 is 22.7 Å². The minimum Gasteiger partial charge on any atom is -0.454 e. The Morgan fingerprint density at radius 3 is 2.62 bits per heavy atom. The molecule has 0 aliphatic carbocycles. The van der Waals surface area contributed by atoms with Crippen LogP contribution < -0.4 is 15.0 Å². The molecule has 0 unspecified atom stereocenters. The number of hydrogen-bond donors (Lipinski definition) is 1. The fraction of sp³-hybridized carbons (Fsp3) is 0.435. The van der Waals surface area contributed by atoms with Gasteiger partial charge in [-0.05, 0) is 37.0 Å². The zero-order valence-electron chi connectivity index (χ0n) is 18.6. The van der Waals surface area contributed by atoms with Crippen molar-refractivity contribution in [2.45, 2.75) is 24.7 Å². The number of amides is 1. The van der Waals surface area contributed by atoms with Crippen molar-refractivity contribution in [2.24, 2.45) is 5.92 Å². The first-order chi connectivity index (χ1) is 15.3. The van der Waals surface area contributed by atoms with E-state index in [0.29, 0.717) is 28.8 Å². The van der Waals surface area contributed by atoms with Gasteiger partial charge in [0.1, 0.15) is 10.6 Å². The van der Waals surface area contributed by atoms with E-state index in [4.69, 9.17) is 9.47 Å². The first-order valence-corrected chi connectivity index (χ1v) is 12.2. The van der Waals surface area contributed by atoms with Gasteiger partial charge in [0.15, 0.2) is 5.75 Å². The van der Waals surface area contributed by atoms with E-state index < -0.39 is 15.9 Å². The van der Waals surface area contributed by atoms with Crippen LogP contribution in [0.4, 0.5) is 11.4 Å². The fourth-order valence-corrected chi connectivity index (χ4v) is 5.36. The maximum Gasteiger partial charge on any atom is 0.259 e. The number of piperidine rings is 1. The van der Waals surface area contributed by atoms with E-state index in [1.165, 1.54) is 24.5 Å². The van der Waals surface area contributed by atoms with Gasteiger partial charge < -0.3 is 19.7 Å². The van der Waals surface area contributed by atoms with E-state index in [1.807, 2.05) is 6.07 Å². The summed E-state index contributed by atoms with van der Waals surface area (Å²) in [5, 5.41) is 2.82. The van der Waals surface area contributed by atoms with E-state index >= 15 is 0 Å². The largest absolute Gasteiger partial charge is 0.454 e. The van der Waals surface area contributed by atoms with Crippen molar-refractivity contribution in [3.8, 4) is 11.5 Å². The molecule has 4 rings (SSSR count). The van der Waals surface area contributed by atoms with Gasteiger partial charge in [-0.25, -0.2) is 8.42 Å². The molecule has 0 spiro atoms. The van der Waals surface area contributed by atoms with Crippen molar-refractivity contribution in [1.82, 2.24) is 4.31 Å². The smallest absolute Gasteiger partial charge is 0.259 e. The van der Waals surface area contributed by atoms with Crippen molar-refractivity contribution in [1.29, 1.82) is 0 Å². The molecule has 2 aromatic rings. The van der Waals surface area contributed by atoms with Gasteiger partial charge in [-0.2, -0.15) is 4.31 Å². The molecule has 0 aromatic heterocycles. The molecule has 2 aliphatic rings. The lowest BCUT2D eigenvalue weighted by Crippen LogP contribution is -2.36. The van der Waals surface area contributed by atoms with Crippen LogP contribution in [-0.4, -0.2) is 59.0 Å². The summed E-state index contributed by atoms with van der Waals surface area (Å²) in [7, 11) is -0.812. The van der Waals surface area contributed by atoms with Crippen molar-refractivity contribution >= 4 is 27.3 Å². The van der Waals surface area contributed by atoms with E-state index in [1.54, 1.807) is 24.3 Å². The van der Waals surface area contributed by atoms with E-state index in [0.717, 1.165) is 25.9 Å². The first-order valence-electron chi connectivity index (χ1n) is 10.8. The molecule has 2 heterocycles.